The molecule has 1 unspecified atom stereocenters. The first-order valence-electron chi connectivity index (χ1n) is 5.59. The molecule has 100 valence electrons. The van der Waals surface area contributed by atoms with Gasteiger partial charge in [0, 0.05) is 7.05 Å². The highest BCUT2D eigenvalue weighted by Crippen LogP contribution is 2.21. The van der Waals surface area contributed by atoms with Crippen molar-refractivity contribution >= 4 is 21.8 Å². The maximum absolute atomic E-state index is 13.4. The zero-order valence-corrected chi connectivity index (χ0v) is 12.0. The van der Waals surface area contributed by atoms with E-state index in [4.69, 9.17) is 0 Å². The fourth-order valence-electron chi connectivity index (χ4n) is 1.70. The second-order valence-electron chi connectivity index (χ2n) is 4.10. The molecular weight excluding hydrogens is 315 g/mol. The Labute approximate surface area is 118 Å². The Hall–Kier alpha value is -1.76. The van der Waals surface area contributed by atoms with Gasteiger partial charge in [-0.3, -0.25) is 4.79 Å². The summed E-state index contributed by atoms with van der Waals surface area (Å²) in [5.74, 6) is -0.221. The summed E-state index contributed by atoms with van der Waals surface area (Å²) in [4.78, 5) is 12.1. The first-order valence-corrected chi connectivity index (χ1v) is 6.38. The zero-order valence-electron chi connectivity index (χ0n) is 10.4. The van der Waals surface area contributed by atoms with Gasteiger partial charge >= 0.3 is 0 Å². The van der Waals surface area contributed by atoms with E-state index >= 15 is 0 Å². The van der Waals surface area contributed by atoms with Crippen LogP contribution in [0.15, 0.2) is 29.0 Å². The van der Waals surface area contributed by atoms with Gasteiger partial charge in [-0.1, -0.05) is 6.07 Å². The van der Waals surface area contributed by atoms with Crippen LogP contribution >= 0.6 is 15.9 Å². The molecule has 0 saturated heterocycles. The summed E-state index contributed by atoms with van der Waals surface area (Å²) >= 11 is 3.06. The van der Waals surface area contributed by atoms with Crippen LogP contribution < -0.4 is 5.32 Å². The van der Waals surface area contributed by atoms with E-state index in [2.05, 4.69) is 31.4 Å². The average Bonchev–Trinajstić information content (AvgIpc) is 2.79. The van der Waals surface area contributed by atoms with E-state index in [1.807, 2.05) is 0 Å². The third-order valence-corrected chi connectivity index (χ3v) is 3.48. The quantitative estimate of drug-likeness (QED) is 0.940. The number of aryl methyl sites for hydroxylation is 1. The van der Waals surface area contributed by atoms with Gasteiger partial charge < -0.3 is 9.88 Å². The van der Waals surface area contributed by atoms with Crippen LogP contribution in [0.1, 0.15) is 29.1 Å². The second-order valence-corrected chi connectivity index (χ2v) is 4.89. The number of rotatable bonds is 3. The van der Waals surface area contributed by atoms with E-state index in [1.54, 1.807) is 30.9 Å². The summed E-state index contributed by atoms with van der Waals surface area (Å²) in [6.45, 7) is 1.79. The molecule has 0 bridgehead atoms. The predicted molar refractivity (Wildman–Crippen MR) is 71.0 cm³/mol. The first-order chi connectivity index (χ1) is 9.00. The fourth-order valence-corrected chi connectivity index (χ4v) is 2.15. The fraction of sp³-hybridized carbons (Fsp3) is 0.250. The van der Waals surface area contributed by atoms with Crippen LogP contribution in [0.2, 0.25) is 0 Å². The van der Waals surface area contributed by atoms with Gasteiger partial charge in [0.15, 0.2) is 5.82 Å². The van der Waals surface area contributed by atoms with Crippen molar-refractivity contribution in [1.29, 1.82) is 0 Å². The van der Waals surface area contributed by atoms with Gasteiger partial charge in [0.05, 0.1) is 16.1 Å². The lowest BCUT2D eigenvalue weighted by atomic mass is 10.2. The molecule has 2 rings (SSSR count). The third-order valence-electron chi connectivity index (χ3n) is 2.68. The number of hydrogen-bond acceptors (Lipinski definition) is 3. The lowest BCUT2D eigenvalue weighted by molar-refractivity contribution is 0.0936. The van der Waals surface area contributed by atoms with E-state index in [9.17, 15) is 9.18 Å². The van der Waals surface area contributed by atoms with Crippen molar-refractivity contribution in [1.82, 2.24) is 20.1 Å². The van der Waals surface area contributed by atoms with Gasteiger partial charge in [-0.15, -0.1) is 10.2 Å². The Morgan fingerprint density at radius 1 is 1.53 bits per heavy atom. The molecule has 1 heterocycles. The molecule has 2 aromatic rings. The van der Waals surface area contributed by atoms with Crippen LogP contribution in [0.25, 0.3) is 0 Å². The maximum Gasteiger partial charge on any atom is 0.253 e. The smallest absolute Gasteiger partial charge is 0.253 e. The maximum atomic E-state index is 13.4. The Morgan fingerprint density at radius 2 is 2.26 bits per heavy atom. The summed E-state index contributed by atoms with van der Waals surface area (Å²) in [5, 5.41) is 10.4. The molecule has 0 fully saturated rings. The molecule has 7 heteroatoms. The molecule has 0 saturated carbocycles. The number of nitrogens with zero attached hydrogens (tertiary/aromatic N) is 3. The van der Waals surface area contributed by atoms with Crippen LogP contribution in [0.3, 0.4) is 0 Å². The normalized spacial score (nSPS) is 12.2. The summed E-state index contributed by atoms with van der Waals surface area (Å²) in [6.07, 6.45) is 1.55. The minimum Gasteiger partial charge on any atom is -0.342 e. The molecule has 0 aliphatic carbocycles. The topological polar surface area (TPSA) is 59.8 Å². The number of amides is 1. The lowest BCUT2D eigenvalue weighted by Gasteiger charge is -2.13. The van der Waals surface area contributed by atoms with Crippen LogP contribution in [-0.2, 0) is 7.05 Å². The molecule has 1 N–H and O–H groups in total. The molecule has 1 aromatic carbocycles. The number of carbonyl (C=O) groups is 1. The van der Waals surface area contributed by atoms with Gasteiger partial charge in [0.1, 0.15) is 12.1 Å². The Morgan fingerprint density at radius 3 is 2.89 bits per heavy atom. The van der Waals surface area contributed by atoms with Gasteiger partial charge in [-0.05, 0) is 35.0 Å². The highest BCUT2D eigenvalue weighted by Gasteiger charge is 2.18. The SMILES string of the molecule is CC(NC(=O)c1cccc(F)c1Br)c1nncn1C. The van der Waals surface area contributed by atoms with Crippen LogP contribution in [-0.4, -0.2) is 20.7 Å². The Balaban J connectivity index is 2.18. The summed E-state index contributed by atoms with van der Waals surface area (Å²) in [7, 11) is 1.79. The van der Waals surface area contributed by atoms with Crippen molar-refractivity contribution in [3.05, 3.63) is 46.2 Å². The van der Waals surface area contributed by atoms with E-state index in [1.165, 1.54) is 12.1 Å². The third kappa shape index (κ3) is 2.81. The molecule has 1 amide bonds. The van der Waals surface area contributed by atoms with Crippen molar-refractivity contribution in [2.45, 2.75) is 13.0 Å². The van der Waals surface area contributed by atoms with Crippen molar-refractivity contribution in [2.24, 2.45) is 7.05 Å². The van der Waals surface area contributed by atoms with Crippen LogP contribution in [0.4, 0.5) is 4.39 Å². The predicted octanol–water partition coefficient (Wildman–Crippen LogP) is 2.21. The van der Waals surface area contributed by atoms with Crippen molar-refractivity contribution in [3.63, 3.8) is 0 Å². The minimum absolute atomic E-state index is 0.151. The van der Waals surface area contributed by atoms with Crippen LogP contribution in [0.5, 0.6) is 0 Å². The van der Waals surface area contributed by atoms with E-state index in [0.29, 0.717) is 5.82 Å². The molecular formula is C12H12BrFN4O. The van der Waals surface area contributed by atoms with Gasteiger partial charge in [0.25, 0.3) is 5.91 Å². The van der Waals surface area contributed by atoms with Crippen molar-refractivity contribution < 1.29 is 9.18 Å². The molecule has 0 aliphatic rings. The molecule has 5 nitrogen and oxygen atoms in total. The highest BCUT2D eigenvalue weighted by molar-refractivity contribution is 9.10. The van der Waals surface area contributed by atoms with E-state index in [0.717, 1.165) is 0 Å². The van der Waals surface area contributed by atoms with Gasteiger partial charge in [-0.2, -0.15) is 0 Å². The number of hydrogen-bond donors (Lipinski definition) is 1. The number of carbonyl (C=O) groups excluding carboxylic acids is 1. The minimum atomic E-state index is -0.473. The Bertz CT molecular complexity index is 614. The van der Waals surface area contributed by atoms with E-state index in [-0.39, 0.29) is 22.0 Å². The second kappa shape index (κ2) is 5.48. The highest BCUT2D eigenvalue weighted by atomic mass is 79.9. The molecule has 1 atom stereocenters. The largest absolute Gasteiger partial charge is 0.342 e. The first kappa shape index (κ1) is 13.7. The molecule has 19 heavy (non-hydrogen) atoms. The standard InChI is InChI=1S/C12H12BrFN4O/c1-7(11-17-15-6-18(11)2)16-12(19)8-4-3-5-9(14)10(8)13/h3-7H,1-2H3,(H,16,19). The zero-order chi connectivity index (χ0) is 14.0. The van der Waals surface area contributed by atoms with Gasteiger partial charge in [0.2, 0.25) is 0 Å². The monoisotopic (exact) mass is 326 g/mol. The number of halogens is 2. The molecule has 0 aliphatic heterocycles. The molecule has 0 spiro atoms. The lowest BCUT2D eigenvalue weighted by Crippen LogP contribution is -2.28. The van der Waals surface area contributed by atoms with Crippen LogP contribution in [0, 0.1) is 5.82 Å². The Kier molecular flexibility index (Phi) is 3.94. The number of aromatic nitrogens is 3. The number of benzene rings is 1. The number of nitrogens with one attached hydrogen (secondary N) is 1. The van der Waals surface area contributed by atoms with Crippen molar-refractivity contribution in [2.75, 3.05) is 0 Å². The average molecular weight is 327 g/mol. The van der Waals surface area contributed by atoms with Gasteiger partial charge in [-0.25, -0.2) is 4.39 Å². The molecule has 0 radical (unpaired) electrons. The van der Waals surface area contributed by atoms with E-state index < -0.39 is 5.82 Å². The summed E-state index contributed by atoms with van der Waals surface area (Å²) in [6, 6.07) is 4.00. The summed E-state index contributed by atoms with van der Waals surface area (Å²) < 4.78 is 15.2. The molecule has 1 aromatic heterocycles. The summed E-state index contributed by atoms with van der Waals surface area (Å²) in [5.41, 5.74) is 0.244. The van der Waals surface area contributed by atoms with Crippen molar-refractivity contribution in [3.8, 4) is 0 Å².